The fourth-order valence-corrected chi connectivity index (χ4v) is 3.44. The predicted molar refractivity (Wildman–Crippen MR) is 115 cm³/mol. The number of aromatic nitrogens is 3. The molecule has 3 aromatic heterocycles. The fraction of sp³-hybridized carbons (Fsp3) is 0.143. The van der Waals surface area contributed by atoms with E-state index in [1.807, 2.05) is 0 Å². The van der Waals surface area contributed by atoms with Crippen LogP contribution in [0.4, 0.5) is 11.5 Å². The highest BCUT2D eigenvalue weighted by molar-refractivity contribution is 6.16. The molecule has 0 radical (unpaired) electrons. The van der Waals surface area contributed by atoms with E-state index in [9.17, 15) is 14.4 Å². The SMILES string of the molecule is COc1ccccc1NC(=O)c1c(N)nc2c(c1-c1ccco1)c(=O)n(C)c(=O)n2C. The third-order valence-corrected chi connectivity index (χ3v) is 4.97. The number of nitrogens with zero attached hydrogens (tertiary/aromatic N) is 3. The molecule has 0 unspecified atom stereocenters. The first-order valence-corrected chi connectivity index (χ1v) is 9.22. The molecule has 10 nitrogen and oxygen atoms in total. The quantitative estimate of drug-likeness (QED) is 0.512. The number of furan rings is 1. The molecule has 3 N–H and O–H groups in total. The van der Waals surface area contributed by atoms with Crippen molar-refractivity contribution in [3.63, 3.8) is 0 Å². The lowest BCUT2D eigenvalue weighted by Crippen LogP contribution is -2.38. The van der Waals surface area contributed by atoms with Crippen molar-refractivity contribution in [3.8, 4) is 17.1 Å². The number of nitrogens with one attached hydrogen (secondary N) is 1. The van der Waals surface area contributed by atoms with Crippen molar-refractivity contribution >= 4 is 28.4 Å². The fourth-order valence-electron chi connectivity index (χ4n) is 3.44. The molecular weight excluding hydrogens is 402 g/mol. The molecule has 0 atom stereocenters. The van der Waals surface area contributed by atoms with Gasteiger partial charge >= 0.3 is 5.69 Å². The summed E-state index contributed by atoms with van der Waals surface area (Å²) >= 11 is 0. The maximum absolute atomic E-state index is 13.3. The minimum absolute atomic E-state index is 0.0407. The van der Waals surface area contributed by atoms with Gasteiger partial charge in [0.15, 0.2) is 5.65 Å². The highest BCUT2D eigenvalue weighted by atomic mass is 16.5. The van der Waals surface area contributed by atoms with Crippen LogP contribution in [0.3, 0.4) is 0 Å². The molecule has 31 heavy (non-hydrogen) atoms. The minimum Gasteiger partial charge on any atom is -0.495 e. The normalized spacial score (nSPS) is 10.9. The number of carbonyl (C=O) groups is 1. The number of amides is 1. The van der Waals surface area contributed by atoms with Crippen molar-refractivity contribution in [1.82, 2.24) is 14.1 Å². The number of para-hydroxylation sites is 2. The number of rotatable bonds is 4. The monoisotopic (exact) mass is 421 g/mol. The lowest BCUT2D eigenvalue weighted by molar-refractivity contribution is 0.102. The Balaban J connectivity index is 2.05. The van der Waals surface area contributed by atoms with Gasteiger partial charge < -0.3 is 20.2 Å². The third-order valence-electron chi connectivity index (χ3n) is 4.97. The van der Waals surface area contributed by atoms with Crippen LogP contribution in [-0.4, -0.2) is 27.1 Å². The van der Waals surface area contributed by atoms with Gasteiger partial charge in [-0.15, -0.1) is 0 Å². The van der Waals surface area contributed by atoms with E-state index in [-0.39, 0.29) is 33.7 Å². The van der Waals surface area contributed by atoms with E-state index < -0.39 is 17.2 Å². The number of pyridine rings is 1. The molecule has 0 saturated carbocycles. The molecule has 0 aliphatic heterocycles. The number of hydrogen-bond acceptors (Lipinski definition) is 7. The molecule has 0 bridgehead atoms. The smallest absolute Gasteiger partial charge is 0.332 e. The summed E-state index contributed by atoms with van der Waals surface area (Å²) in [5.41, 5.74) is 5.52. The van der Waals surface area contributed by atoms with Gasteiger partial charge in [-0.25, -0.2) is 9.78 Å². The number of benzene rings is 1. The second-order valence-corrected chi connectivity index (χ2v) is 6.78. The molecule has 0 saturated heterocycles. The largest absolute Gasteiger partial charge is 0.495 e. The molecule has 1 amide bonds. The summed E-state index contributed by atoms with van der Waals surface area (Å²) in [6, 6.07) is 10.1. The summed E-state index contributed by atoms with van der Waals surface area (Å²) < 4.78 is 12.9. The van der Waals surface area contributed by atoms with Crippen molar-refractivity contribution < 1.29 is 13.9 Å². The molecule has 10 heteroatoms. The number of fused-ring (bicyclic) bond motifs is 1. The van der Waals surface area contributed by atoms with Crippen LogP contribution in [0.15, 0.2) is 56.7 Å². The van der Waals surface area contributed by atoms with Crippen molar-refractivity contribution in [3.05, 3.63) is 69.1 Å². The van der Waals surface area contributed by atoms with Crippen LogP contribution < -0.4 is 27.0 Å². The molecular formula is C21H19N5O5. The van der Waals surface area contributed by atoms with Gasteiger partial charge in [-0.05, 0) is 24.3 Å². The summed E-state index contributed by atoms with van der Waals surface area (Å²) in [5.74, 6) is -0.0886. The Bertz CT molecular complexity index is 1430. The molecule has 0 aliphatic carbocycles. The van der Waals surface area contributed by atoms with Crippen molar-refractivity contribution in [2.75, 3.05) is 18.2 Å². The number of aryl methyl sites for hydroxylation is 1. The topological polar surface area (TPSA) is 134 Å². The van der Waals surface area contributed by atoms with E-state index in [0.717, 1.165) is 4.57 Å². The number of anilines is 2. The zero-order chi connectivity index (χ0) is 22.3. The number of carbonyl (C=O) groups excluding carboxylic acids is 1. The molecule has 0 spiro atoms. The van der Waals surface area contributed by atoms with Gasteiger partial charge in [-0.1, -0.05) is 12.1 Å². The van der Waals surface area contributed by atoms with Crippen LogP contribution in [0, 0.1) is 0 Å². The summed E-state index contributed by atoms with van der Waals surface area (Å²) in [5, 5.41) is 2.78. The zero-order valence-corrected chi connectivity index (χ0v) is 17.0. The first kappa shape index (κ1) is 20.0. The molecule has 4 rings (SSSR count). The standard InChI is InChI=1S/C21H19N5O5/c1-25-18-16(20(28)26(2)21(25)29)14(13-9-6-10-31-13)15(17(22)24-18)19(27)23-11-7-4-5-8-12(11)30-3/h4-10H,1-3H3,(H2,22,24)(H,23,27). The van der Waals surface area contributed by atoms with Crippen LogP contribution >= 0.6 is 0 Å². The Labute approximate surface area is 175 Å². The average molecular weight is 421 g/mol. The lowest BCUT2D eigenvalue weighted by Gasteiger charge is -2.16. The van der Waals surface area contributed by atoms with E-state index in [0.29, 0.717) is 11.4 Å². The molecule has 0 aliphatic rings. The van der Waals surface area contributed by atoms with Crippen LogP contribution in [0.5, 0.6) is 5.75 Å². The van der Waals surface area contributed by atoms with Crippen LogP contribution in [0.1, 0.15) is 10.4 Å². The van der Waals surface area contributed by atoms with Gasteiger partial charge in [-0.2, -0.15) is 0 Å². The second-order valence-electron chi connectivity index (χ2n) is 6.78. The first-order chi connectivity index (χ1) is 14.8. The Hall–Kier alpha value is -4.34. The van der Waals surface area contributed by atoms with Gasteiger partial charge in [0.05, 0.1) is 35.6 Å². The van der Waals surface area contributed by atoms with Gasteiger partial charge in [-0.3, -0.25) is 18.7 Å². The predicted octanol–water partition coefficient (Wildman–Crippen LogP) is 1.74. The van der Waals surface area contributed by atoms with Crippen LogP contribution in [-0.2, 0) is 14.1 Å². The van der Waals surface area contributed by atoms with Crippen LogP contribution in [0.2, 0.25) is 0 Å². The first-order valence-electron chi connectivity index (χ1n) is 9.22. The Kier molecular flexibility index (Phi) is 4.82. The van der Waals surface area contributed by atoms with E-state index in [4.69, 9.17) is 14.9 Å². The molecule has 0 fully saturated rings. The number of nitrogens with two attached hydrogens (primary N) is 1. The highest BCUT2D eigenvalue weighted by Gasteiger charge is 2.27. The highest BCUT2D eigenvalue weighted by Crippen LogP contribution is 2.34. The summed E-state index contributed by atoms with van der Waals surface area (Å²) in [4.78, 5) is 42.9. The number of ether oxygens (including phenoxy) is 1. The Morgan fingerprint density at radius 2 is 1.87 bits per heavy atom. The number of hydrogen-bond donors (Lipinski definition) is 2. The molecule has 158 valence electrons. The minimum atomic E-state index is -0.622. The summed E-state index contributed by atoms with van der Waals surface area (Å²) in [6.07, 6.45) is 1.41. The Morgan fingerprint density at radius 1 is 1.13 bits per heavy atom. The van der Waals surface area contributed by atoms with E-state index in [2.05, 4.69) is 10.3 Å². The maximum atomic E-state index is 13.3. The van der Waals surface area contributed by atoms with Gasteiger partial charge in [0, 0.05) is 14.1 Å². The number of nitrogen functional groups attached to an aromatic ring is 1. The van der Waals surface area contributed by atoms with E-state index in [1.165, 1.54) is 32.0 Å². The average Bonchev–Trinajstić information content (AvgIpc) is 3.30. The van der Waals surface area contributed by atoms with Crippen molar-refractivity contribution in [1.29, 1.82) is 0 Å². The molecule has 4 aromatic rings. The second kappa shape index (κ2) is 7.48. The molecule has 3 heterocycles. The number of methoxy groups -OCH3 is 1. The molecule has 1 aromatic carbocycles. The zero-order valence-electron chi connectivity index (χ0n) is 17.0. The third kappa shape index (κ3) is 3.14. The van der Waals surface area contributed by atoms with Gasteiger partial charge in [0.1, 0.15) is 17.3 Å². The van der Waals surface area contributed by atoms with Gasteiger partial charge in [0.25, 0.3) is 11.5 Å². The van der Waals surface area contributed by atoms with Crippen molar-refractivity contribution in [2.45, 2.75) is 0 Å². The van der Waals surface area contributed by atoms with Crippen molar-refractivity contribution in [2.24, 2.45) is 14.1 Å². The van der Waals surface area contributed by atoms with E-state index >= 15 is 0 Å². The maximum Gasteiger partial charge on any atom is 0.332 e. The summed E-state index contributed by atoms with van der Waals surface area (Å²) in [7, 11) is 4.30. The van der Waals surface area contributed by atoms with Gasteiger partial charge in [0.2, 0.25) is 0 Å². The van der Waals surface area contributed by atoms with E-state index in [1.54, 1.807) is 36.4 Å². The van der Waals surface area contributed by atoms with Crippen LogP contribution in [0.25, 0.3) is 22.4 Å². The Morgan fingerprint density at radius 3 is 2.55 bits per heavy atom. The lowest BCUT2D eigenvalue weighted by atomic mass is 10.0. The summed E-state index contributed by atoms with van der Waals surface area (Å²) in [6.45, 7) is 0.